The summed E-state index contributed by atoms with van der Waals surface area (Å²) in [4.78, 5) is 13.6. The Morgan fingerprint density at radius 1 is 0.375 bits per heavy atom. The van der Waals surface area contributed by atoms with Gasteiger partial charge in [0.25, 0.3) is 0 Å². The van der Waals surface area contributed by atoms with Gasteiger partial charge in [0.05, 0.1) is 60.7 Å². The predicted molar refractivity (Wildman–Crippen MR) is 230 cm³/mol. The molecule has 0 fully saturated rings. The topological polar surface area (TPSA) is 48.5 Å². The number of hydrogen-bond donors (Lipinski definition) is 0. The molecular weight excluding hydrogens is 683 g/mol. The molecule has 262 valence electrons. The van der Waals surface area contributed by atoms with Gasteiger partial charge in [0.2, 0.25) is 5.95 Å². The first kappa shape index (κ1) is 16.0. The number of rotatable bonds is 6. The molecule has 5 nitrogen and oxygen atoms in total. The van der Waals surface area contributed by atoms with Crippen molar-refractivity contribution in [3.63, 3.8) is 0 Å². The Bertz CT molecular complexity index is 4560. The van der Waals surface area contributed by atoms with Crippen LogP contribution in [0.15, 0.2) is 200 Å². The summed E-state index contributed by atoms with van der Waals surface area (Å²) in [5.74, 6) is -2.47. The Labute approximate surface area is 357 Å². The van der Waals surface area contributed by atoms with Crippen LogP contribution >= 0.6 is 0 Å². The van der Waals surface area contributed by atoms with Gasteiger partial charge < -0.3 is 4.57 Å². The van der Waals surface area contributed by atoms with Crippen LogP contribution in [0.3, 0.4) is 0 Å². The molecule has 56 heavy (non-hydrogen) atoms. The molecule has 0 N–H and O–H groups in total. The van der Waals surface area contributed by atoms with E-state index in [2.05, 4.69) is 15.0 Å². The lowest BCUT2D eigenvalue weighted by molar-refractivity contribution is 0.955. The maximum atomic E-state index is 9.86. The molecule has 0 aliphatic rings. The van der Waals surface area contributed by atoms with Gasteiger partial charge in [-0.25, -0.2) is 4.98 Å². The predicted octanol–water partition coefficient (Wildman–Crippen LogP) is 12.7. The number of aromatic nitrogens is 5. The van der Waals surface area contributed by atoms with E-state index in [9.17, 15) is 13.7 Å². The van der Waals surface area contributed by atoms with Crippen molar-refractivity contribution in [3.8, 4) is 56.7 Å². The van der Waals surface area contributed by atoms with Gasteiger partial charge in [-0.3, -0.25) is 4.57 Å². The van der Waals surface area contributed by atoms with Gasteiger partial charge in [-0.2, -0.15) is 9.97 Å². The van der Waals surface area contributed by atoms with Gasteiger partial charge in [0, 0.05) is 38.2 Å². The van der Waals surface area contributed by atoms with Crippen molar-refractivity contribution in [1.29, 1.82) is 0 Å². The minimum Gasteiger partial charge on any atom is -0.309 e. The number of fused-ring (bicyclic) bond motifs is 7. The van der Waals surface area contributed by atoms with E-state index < -0.39 is 201 Å². The summed E-state index contributed by atoms with van der Waals surface area (Å²) in [6, 6.07) is -4.27. The summed E-state index contributed by atoms with van der Waals surface area (Å²) >= 11 is 0. The number of hydrogen-bond acceptors (Lipinski definition) is 3. The highest BCUT2D eigenvalue weighted by Crippen LogP contribution is 2.43. The zero-order chi connectivity index (χ0) is 57.9. The lowest BCUT2D eigenvalue weighted by Crippen LogP contribution is -2.06. The van der Waals surface area contributed by atoms with Crippen molar-refractivity contribution in [2.24, 2.45) is 0 Å². The molecule has 0 unspecified atom stereocenters. The van der Waals surface area contributed by atoms with Gasteiger partial charge in [0.15, 0.2) is 11.6 Å². The molecule has 0 aliphatic heterocycles. The van der Waals surface area contributed by atoms with E-state index in [4.69, 9.17) is 19.2 Å². The first-order valence-corrected chi connectivity index (χ1v) is 16.9. The van der Waals surface area contributed by atoms with Crippen LogP contribution in [0.2, 0.25) is 0 Å². The highest BCUT2D eigenvalue weighted by molar-refractivity contribution is 6.26. The Balaban J connectivity index is 1.40. The fraction of sp³-hybridized carbons (Fsp3) is 0. The van der Waals surface area contributed by atoms with Crippen molar-refractivity contribution < 1.29 is 32.9 Å². The third kappa shape index (κ3) is 5.13. The number of nitrogens with zero attached hydrogens (tertiary/aromatic N) is 5. The molecule has 0 amide bonds. The van der Waals surface area contributed by atoms with E-state index >= 15 is 0 Å². The summed E-state index contributed by atoms with van der Waals surface area (Å²) in [5, 5.41) is -1.37. The molecule has 8 aromatic carbocycles. The lowest BCUT2D eigenvalue weighted by atomic mass is 10.0. The van der Waals surface area contributed by atoms with E-state index in [0.717, 1.165) is 4.57 Å². The maximum absolute atomic E-state index is 9.86. The largest absolute Gasteiger partial charge is 0.309 e. The third-order valence-electron chi connectivity index (χ3n) is 9.12. The number of benzene rings is 8. The van der Waals surface area contributed by atoms with Gasteiger partial charge in [0.1, 0.15) is 0 Å². The zero-order valence-electron chi connectivity index (χ0n) is 52.4. The van der Waals surface area contributed by atoms with E-state index in [1.54, 1.807) is 54.6 Å². The summed E-state index contributed by atoms with van der Waals surface area (Å²) < 4.78 is 218. The molecule has 0 saturated carbocycles. The van der Waals surface area contributed by atoms with Crippen molar-refractivity contribution >= 4 is 43.6 Å². The molecule has 5 heteroatoms. The molecule has 0 aliphatic carbocycles. The SMILES string of the molecule is [2H]c1c([2H])c([2H])c(-c2nc(-c3c([2H])c([2H])c(-c4c([2H])c([2H])c([2H])c([2H])c4[2H])c([2H])c3[2H])nc(-n3c4c([2H])c([2H])c([2H])c([2H])c4c4c([2H])c([2H])c5c(c6c([2H])c([2H])c([2H])c([2H])c6n5-c5ccccc5-c5ccccc5)c43)n2)c([2H])c1[2H]. The van der Waals surface area contributed by atoms with Crippen molar-refractivity contribution in [3.05, 3.63) is 200 Å². The minimum absolute atomic E-state index is 0.217. The smallest absolute Gasteiger partial charge is 0.238 e. The third-order valence-corrected chi connectivity index (χ3v) is 9.12. The summed E-state index contributed by atoms with van der Waals surface area (Å²) in [6.45, 7) is 0. The van der Waals surface area contributed by atoms with Crippen LogP contribution in [-0.2, 0) is 0 Å². The van der Waals surface area contributed by atoms with E-state index in [-0.39, 0.29) is 33.0 Å². The highest BCUT2D eigenvalue weighted by Gasteiger charge is 2.24. The quantitative estimate of drug-likeness (QED) is 0.171. The van der Waals surface area contributed by atoms with Crippen LogP contribution in [0.25, 0.3) is 100 Å². The number of para-hydroxylation sites is 3. The fourth-order valence-electron chi connectivity index (χ4n) is 6.77. The van der Waals surface area contributed by atoms with E-state index in [0.29, 0.717) is 11.1 Å². The molecule has 3 heterocycles. The molecule has 0 atom stereocenters. The average Bonchev–Trinajstić information content (AvgIpc) is 3.53. The average molecular weight is 740 g/mol. The van der Waals surface area contributed by atoms with Crippen LogP contribution in [0.1, 0.15) is 32.9 Å². The standard InChI is InChI=1S/C51H33N5/c1-4-16-34(17-5-1)35-28-30-38(31-29-35)50-52-49(37-20-8-3-9-21-37)53-51(54-50)56-44-26-14-11-23-40(44)41-32-33-46-47(48(41)56)42-24-12-15-27-45(42)55(46)43-25-13-10-22-39(43)36-18-6-2-7-19-36/h1-33H/i1D,3D,4D,5D,8D,9D,11D,12D,14D,15D,16D,17D,20D,21D,23D,24D,26D,27D,28D,29D,30D,31D,32D,33D. The van der Waals surface area contributed by atoms with Crippen LogP contribution in [-0.4, -0.2) is 24.1 Å². The molecule has 0 saturated heterocycles. The second kappa shape index (κ2) is 13.0. The van der Waals surface area contributed by atoms with E-state index in [1.807, 2.05) is 0 Å². The summed E-state index contributed by atoms with van der Waals surface area (Å²) in [6.07, 6.45) is 0. The molecule has 11 aromatic rings. The first-order chi connectivity index (χ1) is 37.8. The van der Waals surface area contributed by atoms with Gasteiger partial charge in [-0.15, -0.1) is 0 Å². The lowest BCUT2D eigenvalue weighted by Gasteiger charge is -2.14. The Morgan fingerprint density at radius 3 is 1.66 bits per heavy atom. The Kier molecular flexibility index (Phi) is 3.73. The molecular formula is C51H33N5. The second-order valence-electron chi connectivity index (χ2n) is 12.2. The maximum Gasteiger partial charge on any atom is 0.238 e. The van der Waals surface area contributed by atoms with Crippen molar-refractivity contribution in [1.82, 2.24) is 24.1 Å². The molecule has 3 aromatic heterocycles. The minimum atomic E-state index is -0.994. The van der Waals surface area contributed by atoms with Gasteiger partial charge >= 0.3 is 0 Å². The van der Waals surface area contributed by atoms with E-state index in [1.165, 1.54) is 4.57 Å². The van der Waals surface area contributed by atoms with Crippen LogP contribution in [0, 0.1) is 0 Å². The van der Waals surface area contributed by atoms with Crippen molar-refractivity contribution in [2.45, 2.75) is 0 Å². The highest BCUT2D eigenvalue weighted by atomic mass is 15.2. The summed E-state index contributed by atoms with van der Waals surface area (Å²) in [7, 11) is 0. The molecule has 11 rings (SSSR count). The monoisotopic (exact) mass is 739 g/mol. The first-order valence-electron chi connectivity index (χ1n) is 28.9. The Morgan fingerprint density at radius 2 is 0.929 bits per heavy atom. The summed E-state index contributed by atoms with van der Waals surface area (Å²) in [5.41, 5.74) is -2.93. The van der Waals surface area contributed by atoms with Crippen molar-refractivity contribution in [2.75, 3.05) is 0 Å². The fourth-order valence-corrected chi connectivity index (χ4v) is 6.77. The zero-order valence-corrected chi connectivity index (χ0v) is 28.4. The second-order valence-corrected chi connectivity index (χ2v) is 12.2. The molecule has 0 bridgehead atoms. The van der Waals surface area contributed by atoms with Gasteiger partial charge in [-0.1, -0.05) is 175 Å². The van der Waals surface area contributed by atoms with Crippen LogP contribution < -0.4 is 0 Å². The molecule has 0 radical (unpaired) electrons. The Hall–Kier alpha value is -7.63. The van der Waals surface area contributed by atoms with Crippen LogP contribution in [0.5, 0.6) is 0 Å². The molecule has 0 spiro atoms. The normalized spacial score (nSPS) is 17.6. The van der Waals surface area contributed by atoms with Crippen LogP contribution in [0.4, 0.5) is 0 Å². The van der Waals surface area contributed by atoms with Gasteiger partial charge in [-0.05, 0) is 40.9 Å².